The molecule has 2 atom stereocenters. The third-order valence-electron chi connectivity index (χ3n) is 4.23. The third kappa shape index (κ3) is 4.01. The molecule has 2 nitrogen and oxygen atoms in total. The van der Waals surface area contributed by atoms with E-state index < -0.39 is 0 Å². The van der Waals surface area contributed by atoms with Gasteiger partial charge in [0.15, 0.2) is 0 Å². The monoisotopic (exact) mass is 239 g/mol. The van der Waals surface area contributed by atoms with Gasteiger partial charge in [-0.05, 0) is 39.0 Å². The molecule has 17 heavy (non-hydrogen) atoms. The number of hydrogen-bond donors (Lipinski definition) is 0. The van der Waals surface area contributed by atoms with Crippen LogP contribution in [0.15, 0.2) is 0 Å². The first-order valence-corrected chi connectivity index (χ1v) is 7.53. The van der Waals surface area contributed by atoms with Crippen LogP contribution >= 0.6 is 0 Å². The quantitative estimate of drug-likeness (QED) is 0.689. The van der Waals surface area contributed by atoms with Gasteiger partial charge < -0.3 is 4.90 Å². The predicted octanol–water partition coefficient (Wildman–Crippen LogP) is 3.85. The van der Waals surface area contributed by atoms with Gasteiger partial charge in [0, 0.05) is 19.0 Å². The van der Waals surface area contributed by atoms with Crippen LogP contribution in [0, 0.1) is 11.8 Å². The van der Waals surface area contributed by atoms with Crippen molar-refractivity contribution < 1.29 is 4.79 Å². The fraction of sp³-hybridized carbons (Fsp3) is 0.933. The molecule has 0 N–H and O–H groups in total. The van der Waals surface area contributed by atoms with E-state index in [1.165, 1.54) is 38.5 Å². The molecule has 100 valence electrons. The van der Waals surface area contributed by atoms with Gasteiger partial charge in [0.2, 0.25) is 5.91 Å². The highest BCUT2D eigenvalue weighted by molar-refractivity contribution is 5.79. The molecule has 0 aromatic carbocycles. The average molecular weight is 239 g/mol. The Bertz CT molecular complexity index is 223. The Hall–Kier alpha value is -0.530. The first kappa shape index (κ1) is 14.5. The topological polar surface area (TPSA) is 20.3 Å². The van der Waals surface area contributed by atoms with Crippen LogP contribution in [-0.4, -0.2) is 23.9 Å². The first-order chi connectivity index (χ1) is 8.24. The van der Waals surface area contributed by atoms with Gasteiger partial charge in [-0.3, -0.25) is 4.79 Å². The Labute approximate surface area is 107 Å². The van der Waals surface area contributed by atoms with Crippen LogP contribution < -0.4 is 0 Å². The molecule has 2 heteroatoms. The Morgan fingerprint density at radius 3 is 2.35 bits per heavy atom. The third-order valence-corrected chi connectivity index (χ3v) is 4.23. The predicted molar refractivity (Wildman–Crippen MR) is 72.9 cm³/mol. The molecule has 0 saturated heterocycles. The van der Waals surface area contributed by atoms with E-state index >= 15 is 0 Å². The van der Waals surface area contributed by atoms with Crippen LogP contribution in [0.4, 0.5) is 0 Å². The zero-order valence-corrected chi connectivity index (χ0v) is 11.9. The Balaban J connectivity index is 2.59. The van der Waals surface area contributed by atoms with Crippen LogP contribution in [0.3, 0.4) is 0 Å². The van der Waals surface area contributed by atoms with Crippen molar-refractivity contribution in [2.45, 2.75) is 65.7 Å². The van der Waals surface area contributed by atoms with Crippen molar-refractivity contribution in [3.8, 4) is 0 Å². The number of hydrogen-bond acceptors (Lipinski definition) is 1. The van der Waals surface area contributed by atoms with Crippen LogP contribution in [0.25, 0.3) is 0 Å². The summed E-state index contributed by atoms with van der Waals surface area (Å²) in [5.41, 5.74) is 0. The van der Waals surface area contributed by atoms with E-state index in [2.05, 4.69) is 20.8 Å². The largest absolute Gasteiger partial charge is 0.343 e. The lowest BCUT2D eigenvalue weighted by atomic mass is 9.76. The molecule has 1 aliphatic rings. The minimum Gasteiger partial charge on any atom is -0.343 e. The minimum atomic E-state index is 0.329. The van der Waals surface area contributed by atoms with Gasteiger partial charge in [0.25, 0.3) is 0 Å². The van der Waals surface area contributed by atoms with Crippen molar-refractivity contribution >= 4 is 5.91 Å². The zero-order chi connectivity index (χ0) is 12.7. The van der Waals surface area contributed by atoms with Crippen molar-refractivity contribution in [2.75, 3.05) is 13.1 Å². The zero-order valence-electron chi connectivity index (χ0n) is 11.9. The lowest BCUT2D eigenvalue weighted by Gasteiger charge is -2.34. The molecule has 1 aliphatic carbocycles. The summed E-state index contributed by atoms with van der Waals surface area (Å²) in [5, 5.41) is 0. The molecular formula is C15H29NO. The summed E-state index contributed by atoms with van der Waals surface area (Å²) in [6.45, 7) is 8.15. The average Bonchev–Trinajstić information content (AvgIpc) is 2.38. The summed E-state index contributed by atoms with van der Waals surface area (Å²) < 4.78 is 0. The molecule has 0 bridgehead atoms. The highest BCUT2D eigenvalue weighted by Gasteiger charge is 2.32. The van der Waals surface area contributed by atoms with Crippen LogP contribution in [-0.2, 0) is 4.79 Å². The molecule has 1 rings (SSSR count). The molecule has 0 unspecified atom stereocenters. The van der Waals surface area contributed by atoms with Gasteiger partial charge in [0.1, 0.15) is 0 Å². The maximum absolute atomic E-state index is 12.5. The number of unbranched alkanes of at least 4 members (excludes halogenated alkanes) is 1. The van der Waals surface area contributed by atoms with E-state index in [0.717, 1.165) is 19.5 Å². The van der Waals surface area contributed by atoms with E-state index in [4.69, 9.17) is 0 Å². The van der Waals surface area contributed by atoms with E-state index in [-0.39, 0.29) is 0 Å². The molecule has 0 spiro atoms. The van der Waals surface area contributed by atoms with E-state index in [9.17, 15) is 4.79 Å². The number of rotatable bonds is 6. The van der Waals surface area contributed by atoms with Gasteiger partial charge in [0.05, 0.1) is 0 Å². The summed E-state index contributed by atoms with van der Waals surface area (Å²) >= 11 is 0. The number of carbonyl (C=O) groups is 1. The Morgan fingerprint density at radius 2 is 1.76 bits per heavy atom. The van der Waals surface area contributed by atoms with Crippen LogP contribution in [0.2, 0.25) is 0 Å². The van der Waals surface area contributed by atoms with Crippen LogP contribution in [0.5, 0.6) is 0 Å². The summed E-state index contributed by atoms with van der Waals surface area (Å²) in [7, 11) is 0. The van der Waals surface area contributed by atoms with Crippen molar-refractivity contribution in [3.05, 3.63) is 0 Å². The van der Waals surface area contributed by atoms with Gasteiger partial charge in [-0.2, -0.15) is 0 Å². The molecule has 1 fully saturated rings. The standard InChI is InChI=1S/C15H29NO/c1-4-7-10-13-11-8-9-12-14(13)15(17)16(5-2)6-3/h13-14H,4-12H2,1-3H3/t13-,14-/m1/s1. The van der Waals surface area contributed by atoms with Gasteiger partial charge in [-0.25, -0.2) is 0 Å². The molecule has 0 aromatic heterocycles. The maximum atomic E-state index is 12.5. The summed E-state index contributed by atoms with van der Waals surface area (Å²) in [6, 6.07) is 0. The second kappa shape index (κ2) is 7.73. The van der Waals surface area contributed by atoms with Crippen molar-refractivity contribution in [1.82, 2.24) is 4.90 Å². The van der Waals surface area contributed by atoms with E-state index in [1.807, 2.05) is 4.90 Å². The molecule has 0 aromatic rings. The van der Waals surface area contributed by atoms with E-state index in [1.54, 1.807) is 0 Å². The first-order valence-electron chi connectivity index (χ1n) is 7.53. The van der Waals surface area contributed by atoms with Crippen molar-refractivity contribution in [1.29, 1.82) is 0 Å². The fourth-order valence-electron chi connectivity index (χ4n) is 3.11. The lowest BCUT2D eigenvalue weighted by molar-refractivity contribution is -0.138. The lowest BCUT2D eigenvalue weighted by Crippen LogP contribution is -2.40. The highest BCUT2D eigenvalue weighted by atomic mass is 16.2. The highest BCUT2D eigenvalue weighted by Crippen LogP contribution is 2.34. The molecular weight excluding hydrogens is 210 g/mol. The Kier molecular flexibility index (Phi) is 6.61. The molecule has 0 heterocycles. The number of nitrogens with zero attached hydrogens (tertiary/aromatic N) is 1. The second-order valence-electron chi connectivity index (χ2n) is 5.30. The van der Waals surface area contributed by atoms with Gasteiger partial charge >= 0.3 is 0 Å². The molecule has 0 aliphatic heterocycles. The van der Waals surface area contributed by atoms with Crippen molar-refractivity contribution in [3.63, 3.8) is 0 Å². The molecule has 0 radical (unpaired) electrons. The summed E-state index contributed by atoms with van der Waals surface area (Å²) in [5.74, 6) is 1.42. The van der Waals surface area contributed by atoms with Crippen LogP contribution in [0.1, 0.15) is 65.7 Å². The molecule has 1 amide bonds. The van der Waals surface area contributed by atoms with Gasteiger partial charge in [-0.1, -0.05) is 32.6 Å². The minimum absolute atomic E-state index is 0.329. The summed E-state index contributed by atoms with van der Waals surface area (Å²) in [6.07, 6.45) is 8.78. The van der Waals surface area contributed by atoms with Crippen molar-refractivity contribution in [2.24, 2.45) is 11.8 Å². The second-order valence-corrected chi connectivity index (χ2v) is 5.30. The molecule has 1 saturated carbocycles. The normalized spacial score (nSPS) is 24.6. The summed E-state index contributed by atoms with van der Waals surface area (Å²) in [4.78, 5) is 14.5. The Morgan fingerprint density at radius 1 is 1.12 bits per heavy atom. The van der Waals surface area contributed by atoms with E-state index in [0.29, 0.717) is 17.7 Å². The maximum Gasteiger partial charge on any atom is 0.225 e. The smallest absolute Gasteiger partial charge is 0.225 e. The van der Waals surface area contributed by atoms with Gasteiger partial charge in [-0.15, -0.1) is 0 Å². The SMILES string of the molecule is CCCC[C@@H]1CCCC[C@H]1C(=O)N(CC)CC. The fourth-order valence-corrected chi connectivity index (χ4v) is 3.11. The number of carbonyl (C=O) groups excluding carboxylic acids is 1. The number of amides is 1.